The van der Waals surface area contributed by atoms with Crippen molar-refractivity contribution in [3.63, 3.8) is 0 Å². The van der Waals surface area contributed by atoms with Crippen molar-refractivity contribution in [3.8, 4) is 11.6 Å². The van der Waals surface area contributed by atoms with Crippen molar-refractivity contribution in [2.45, 2.75) is 36.6 Å². The number of aryl methyl sites for hydroxylation is 1. The predicted molar refractivity (Wildman–Crippen MR) is 101 cm³/mol. The number of ether oxygens (including phenoxy) is 1. The van der Waals surface area contributed by atoms with Gasteiger partial charge in [-0.1, -0.05) is 29.4 Å². The molecule has 1 N–H and O–H groups in total. The summed E-state index contributed by atoms with van der Waals surface area (Å²) in [5.74, 6) is -0.0996. The zero-order chi connectivity index (χ0) is 20.8. The minimum Gasteiger partial charge on any atom is -0.438 e. The zero-order valence-corrected chi connectivity index (χ0v) is 16.3. The average Bonchev–Trinajstić information content (AvgIpc) is 3.00. The Morgan fingerprint density at radius 2 is 2.03 bits per heavy atom. The van der Waals surface area contributed by atoms with Crippen molar-refractivity contribution >= 4 is 34.5 Å². The van der Waals surface area contributed by atoms with Crippen LogP contribution in [0, 0.1) is 0 Å². The number of nitrogens with one attached hydrogen (secondary N) is 1. The van der Waals surface area contributed by atoms with Crippen LogP contribution in [0.4, 0.5) is 18.0 Å². The summed E-state index contributed by atoms with van der Waals surface area (Å²) in [6.45, 7) is 0. The lowest BCUT2D eigenvalue weighted by molar-refractivity contribution is -0.137. The molecule has 4 rings (SSSR count). The van der Waals surface area contributed by atoms with Crippen molar-refractivity contribution in [2.24, 2.45) is 0 Å². The van der Waals surface area contributed by atoms with Gasteiger partial charge in [-0.25, -0.2) is 4.98 Å². The maximum absolute atomic E-state index is 12.7. The number of fused-ring (bicyclic) bond motifs is 1. The van der Waals surface area contributed by atoms with E-state index in [0.29, 0.717) is 11.9 Å². The fraction of sp³-hybridized carbons (Fsp3) is 0.316. The molecule has 0 saturated carbocycles. The maximum Gasteiger partial charge on any atom is 0.417 e. The van der Waals surface area contributed by atoms with Crippen LogP contribution in [0.25, 0.3) is 0 Å². The summed E-state index contributed by atoms with van der Waals surface area (Å²) in [6, 6.07) is 6.02. The zero-order valence-electron chi connectivity index (χ0n) is 14.8. The van der Waals surface area contributed by atoms with Gasteiger partial charge in [-0.2, -0.15) is 13.2 Å². The fourth-order valence-corrected chi connectivity index (χ4v) is 4.82. The van der Waals surface area contributed by atoms with E-state index in [-0.39, 0.29) is 28.0 Å². The number of halogens is 4. The summed E-state index contributed by atoms with van der Waals surface area (Å²) in [5, 5.41) is 1.28. The van der Waals surface area contributed by atoms with Gasteiger partial charge in [0.05, 0.1) is 5.56 Å². The summed E-state index contributed by atoms with van der Waals surface area (Å²) < 4.78 is 43.8. The molecule has 1 aromatic heterocycles. The van der Waals surface area contributed by atoms with E-state index in [9.17, 15) is 22.8 Å². The Balaban J connectivity index is 1.57. The third kappa shape index (κ3) is 4.06. The summed E-state index contributed by atoms with van der Waals surface area (Å²) in [7, 11) is 0. The molecule has 1 aromatic carbocycles. The molecule has 1 aliphatic heterocycles. The Morgan fingerprint density at radius 3 is 2.69 bits per heavy atom. The molecule has 1 saturated heterocycles. The summed E-state index contributed by atoms with van der Waals surface area (Å²) in [6.07, 6.45) is -1.47. The lowest BCUT2D eigenvalue weighted by Gasteiger charge is -2.28. The number of pyridine rings is 1. The van der Waals surface area contributed by atoms with Crippen LogP contribution in [-0.2, 0) is 17.4 Å². The van der Waals surface area contributed by atoms with E-state index < -0.39 is 17.0 Å². The number of alkyl halides is 3. The first-order valence-corrected chi connectivity index (χ1v) is 10.0. The van der Waals surface area contributed by atoms with Crippen molar-refractivity contribution in [1.29, 1.82) is 0 Å². The average molecular weight is 443 g/mol. The number of imide groups is 1. The van der Waals surface area contributed by atoms with Gasteiger partial charge in [0.25, 0.3) is 5.24 Å². The first kappa shape index (κ1) is 20.0. The van der Waals surface area contributed by atoms with Gasteiger partial charge in [-0.05, 0) is 48.6 Å². The second kappa shape index (κ2) is 7.53. The molecule has 10 heteroatoms. The van der Waals surface area contributed by atoms with Gasteiger partial charge in [0.15, 0.2) is 0 Å². The number of carbonyl (C=O) groups is 2. The van der Waals surface area contributed by atoms with Gasteiger partial charge < -0.3 is 4.74 Å². The van der Waals surface area contributed by atoms with E-state index in [1.54, 1.807) is 12.1 Å². The van der Waals surface area contributed by atoms with E-state index >= 15 is 0 Å². The molecule has 2 heterocycles. The molecule has 0 bridgehead atoms. The predicted octanol–water partition coefficient (Wildman–Crippen LogP) is 5.32. The van der Waals surface area contributed by atoms with E-state index in [2.05, 4.69) is 10.3 Å². The van der Waals surface area contributed by atoms with Crippen molar-refractivity contribution in [3.05, 3.63) is 52.2 Å². The lowest BCUT2D eigenvalue weighted by Crippen LogP contribution is -2.30. The minimum atomic E-state index is -4.54. The molecule has 2 amide bonds. The molecule has 1 aliphatic carbocycles. The topological polar surface area (TPSA) is 68.3 Å². The maximum atomic E-state index is 12.7. The molecular weight excluding hydrogens is 429 g/mol. The second-order valence-electron chi connectivity index (χ2n) is 6.79. The van der Waals surface area contributed by atoms with Gasteiger partial charge >= 0.3 is 6.18 Å². The molecule has 1 unspecified atom stereocenters. The summed E-state index contributed by atoms with van der Waals surface area (Å²) >= 11 is 6.91. The van der Waals surface area contributed by atoms with Crippen LogP contribution in [0.2, 0.25) is 5.02 Å². The number of nitrogens with zero attached hydrogens (tertiary/aromatic N) is 1. The van der Waals surface area contributed by atoms with E-state index in [0.717, 1.165) is 48.2 Å². The van der Waals surface area contributed by atoms with Crippen LogP contribution in [-0.4, -0.2) is 21.4 Å². The largest absolute Gasteiger partial charge is 0.438 e. The molecule has 2 aromatic rings. The normalized spacial score (nSPS) is 21.7. The molecule has 0 radical (unpaired) electrons. The fourth-order valence-electron chi connectivity index (χ4n) is 3.61. The van der Waals surface area contributed by atoms with E-state index in [1.165, 1.54) is 0 Å². The molecular formula is C19H14ClF3N2O3S. The van der Waals surface area contributed by atoms with Gasteiger partial charge in [-0.15, -0.1) is 0 Å². The number of rotatable bonds is 3. The van der Waals surface area contributed by atoms with Gasteiger partial charge in [0, 0.05) is 12.1 Å². The highest BCUT2D eigenvalue weighted by atomic mass is 35.5. The highest BCUT2D eigenvalue weighted by Crippen LogP contribution is 2.42. The smallest absolute Gasteiger partial charge is 0.417 e. The van der Waals surface area contributed by atoms with Crippen LogP contribution >= 0.6 is 23.4 Å². The van der Waals surface area contributed by atoms with Crippen LogP contribution in [0.5, 0.6) is 11.6 Å². The number of aromatic nitrogens is 1. The molecule has 1 fully saturated rings. The number of hydrogen-bond acceptors (Lipinski definition) is 5. The number of carbonyl (C=O) groups excluding carboxylic acids is 2. The number of benzene rings is 1. The minimum absolute atomic E-state index is 0.0861. The summed E-state index contributed by atoms with van der Waals surface area (Å²) in [5.41, 5.74) is 0.983. The molecule has 0 spiro atoms. The monoisotopic (exact) mass is 442 g/mol. The number of thioether (sulfide) groups is 1. The lowest BCUT2D eigenvalue weighted by atomic mass is 9.80. The first-order valence-electron chi connectivity index (χ1n) is 8.77. The Labute approximate surface area is 173 Å². The van der Waals surface area contributed by atoms with Gasteiger partial charge in [0.1, 0.15) is 16.0 Å². The Morgan fingerprint density at radius 1 is 1.24 bits per heavy atom. The van der Waals surface area contributed by atoms with Crippen LogP contribution in [0.15, 0.2) is 30.5 Å². The Hall–Kier alpha value is -2.26. The highest BCUT2D eigenvalue weighted by Gasteiger charge is 2.40. The molecule has 2 aliphatic rings. The molecule has 152 valence electrons. The SMILES string of the molecule is O=C1NC(=O)C([C@H]2CCCc3cc(Oc4ncc(C(F)(F)F)cc4Cl)ccc32)S1. The highest BCUT2D eigenvalue weighted by molar-refractivity contribution is 8.15. The van der Waals surface area contributed by atoms with Crippen molar-refractivity contribution in [2.75, 3.05) is 0 Å². The summed E-state index contributed by atoms with van der Waals surface area (Å²) in [4.78, 5) is 27.3. The third-order valence-corrected chi connectivity index (χ3v) is 6.29. The quantitative estimate of drug-likeness (QED) is 0.697. The van der Waals surface area contributed by atoms with Gasteiger partial charge in [0.2, 0.25) is 11.8 Å². The van der Waals surface area contributed by atoms with E-state index in [4.69, 9.17) is 16.3 Å². The van der Waals surface area contributed by atoms with Gasteiger partial charge in [-0.3, -0.25) is 14.9 Å². The number of hydrogen-bond donors (Lipinski definition) is 1. The standard InChI is InChI=1S/C19H14ClF3N2O3S/c20-14-7-10(19(21,22)23)8-24-17(14)28-11-4-5-12-9(6-11)2-1-3-13(12)15-16(26)25-18(27)29-15/h4-8,13,15H,1-3H2,(H,25,26,27)/t13-,15?/m0/s1. The van der Waals surface area contributed by atoms with Crippen LogP contribution < -0.4 is 10.1 Å². The number of amides is 2. The van der Waals surface area contributed by atoms with Crippen LogP contribution in [0.1, 0.15) is 35.4 Å². The molecule has 29 heavy (non-hydrogen) atoms. The second-order valence-corrected chi connectivity index (χ2v) is 8.31. The Kier molecular flexibility index (Phi) is 5.20. The third-order valence-electron chi connectivity index (χ3n) is 4.91. The van der Waals surface area contributed by atoms with Crippen LogP contribution in [0.3, 0.4) is 0 Å². The molecule has 2 atom stereocenters. The first-order chi connectivity index (χ1) is 13.7. The van der Waals surface area contributed by atoms with Crippen molar-refractivity contribution < 1.29 is 27.5 Å². The Bertz CT molecular complexity index is 999. The van der Waals surface area contributed by atoms with Crippen molar-refractivity contribution in [1.82, 2.24) is 10.3 Å². The molecule has 5 nitrogen and oxygen atoms in total. The van der Waals surface area contributed by atoms with E-state index in [1.807, 2.05) is 6.07 Å².